The highest BCUT2D eigenvalue weighted by atomic mass is 16.5. The monoisotopic (exact) mass is 233 g/mol. The van der Waals surface area contributed by atoms with Crippen LogP contribution >= 0.6 is 0 Å². The summed E-state index contributed by atoms with van der Waals surface area (Å²) in [5.74, 6) is -0.347. The van der Waals surface area contributed by atoms with Crippen LogP contribution in [-0.4, -0.2) is 5.97 Å². The second-order valence-corrected chi connectivity index (χ2v) is 4.13. The predicted octanol–water partition coefficient (Wildman–Crippen LogP) is 3.23. The molecule has 1 aromatic rings. The molecule has 0 fully saturated rings. The third kappa shape index (κ3) is 3.94. The van der Waals surface area contributed by atoms with Crippen LogP contribution in [0.15, 0.2) is 36.4 Å². The molecule has 0 aliphatic rings. The summed E-state index contributed by atoms with van der Waals surface area (Å²) in [7, 11) is 0. The second-order valence-electron chi connectivity index (χ2n) is 4.13. The summed E-state index contributed by atoms with van der Waals surface area (Å²) in [5.41, 5.74) is 7.72. The third-order valence-electron chi connectivity index (χ3n) is 2.46. The Hall–Kier alpha value is -1.77. The standard InChI is InChI=1S/C14H19NO2/c1-4-5-13(17-14(16)10(2)3)11-6-8-12(15)9-7-11/h6-9,13H,2,4-5,15H2,1,3H3. The van der Waals surface area contributed by atoms with E-state index in [1.807, 2.05) is 24.3 Å². The van der Waals surface area contributed by atoms with Crippen molar-refractivity contribution in [2.75, 3.05) is 5.73 Å². The first-order valence-corrected chi connectivity index (χ1v) is 5.76. The summed E-state index contributed by atoms with van der Waals surface area (Å²) in [5, 5.41) is 0. The molecule has 1 atom stereocenters. The Labute approximate surface area is 102 Å². The maximum absolute atomic E-state index is 11.5. The molecule has 92 valence electrons. The van der Waals surface area contributed by atoms with Gasteiger partial charge in [-0.05, 0) is 31.0 Å². The Morgan fingerprint density at radius 2 is 2.00 bits per heavy atom. The first-order chi connectivity index (χ1) is 8.04. The number of esters is 1. The lowest BCUT2D eigenvalue weighted by atomic mass is 10.0. The van der Waals surface area contributed by atoms with Gasteiger partial charge in [-0.25, -0.2) is 4.79 Å². The van der Waals surface area contributed by atoms with Crippen LogP contribution in [0.2, 0.25) is 0 Å². The van der Waals surface area contributed by atoms with E-state index in [0.717, 1.165) is 18.4 Å². The van der Waals surface area contributed by atoms with Crippen molar-refractivity contribution in [2.24, 2.45) is 0 Å². The number of nitrogen functional groups attached to an aromatic ring is 1. The zero-order valence-electron chi connectivity index (χ0n) is 10.4. The molecule has 0 bridgehead atoms. The SMILES string of the molecule is C=C(C)C(=O)OC(CCC)c1ccc(N)cc1. The number of hydrogen-bond acceptors (Lipinski definition) is 3. The van der Waals surface area contributed by atoms with Gasteiger partial charge in [-0.2, -0.15) is 0 Å². The smallest absolute Gasteiger partial charge is 0.333 e. The van der Waals surface area contributed by atoms with Crippen molar-refractivity contribution < 1.29 is 9.53 Å². The minimum atomic E-state index is -0.347. The molecule has 0 aliphatic carbocycles. The molecule has 2 N–H and O–H groups in total. The van der Waals surface area contributed by atoms with Gasteiger partial charge in [0.25, 0.3) is 0 Å². The fourth-order valence-electron chi connectivity index (χ4n) is 1.50. The van der Waals surface area contributed by atoms with E-state index in [0.29, 0.717) is 11.3 Å². The van der Waals surface area contributed by atoms with E-state index in [9.17, 15) is 4.79 Å². The molecule has 0 amide bonds. The van der Waals surface area contributed by atoms with Crippen LogP contribution in [0.5, 0.6) is 0 Å². The van der Waals surface area contributed by atoms with Gasteiger partial charge >= 0.3 is 5.97 Å². The molecule has 0 saturated heterocycles. The lowest BCUT2D eigenvalue weighted by Gasteiger charge is -2.17. The normalized spacial score (nSPS) is 11.9. The highest BCUT2D eigenvalue weighted by Crippen LogP contribution is 2.24. The molecule has 3 nitrogen and oxygen atoms in total. The fraction of sp³-hybridized carbons (Fsp3) is 0.357. The Morgan fingerprint density at radius 3 is 2.47 bits per heavy atom. The summed E-state index contributed by atoms with van der Waals surface area (Å²) in [6.07, 6.45) is 1.52. The Bertz CT molecular complexity index is 395. The highest BCUT2D eigenvalue weighted by molar-refractivity contribution is 5.87. The number of carbonyl (C=O) groups is 1. The van der Waals surface area contributed by atoms with Gasteiger partial charge < -0.3 is 10.5 Å². The van der Waals surface area contributed by atoms with Crippen molar-refractivity contribution in [3.63, 3.8) is 0 Å². The first kappa shape index (κ1) is 13.3. The van der Waals surface area contributed by atoms with Crippen LogP contribution in [0.4, 0.5) is 5.69 Å². The summed E-state index contributed by atoms with van der Waals surface area (Å²) >= 11 is 0. The van der Waals surface area contributed by atoms with E-state index >= 15 is 0 Å². The minimum Gasteiger partial charge on any atom is -0.454 e. The molecule has 1 rings (SSSR count). The van der Waals surface area contributed by atoms with Gasteiger partial charge in [0.1, 0.15) is 6.10 Å². The zero-order chi connectivity index (χ0) is 12.8. The topological polar surface area (TPSA) is 52.3 Å². The van der Waals surface area contributed by atoms with E-state index in [1.54, 1.807) is 6.92 Å². The van der Waals surface area contributed by atoms with Gasteiger partial charge in [0, 0.05) is 11.3 Å². The molecular formula is C14H19NO2. The van der Waals surface area contributed by atoms with Crippen molar-refractivity contribution in [2.45, 2.75) is 32.8 Å². The molecule has 1 unspecified atom stereocenters. The van der Waals surface area contributed by atoms with Crippen LogP contribution in [-0.2, 0) is 9.53 Å². The quantitative estimate of drug-likeness (QED) is 0.482. The van der Waals surface area contributed by atoms with Crippen molar-refractivity contribution >= 4 is 11.7 Å². The number of anilines is 1. The fourth-order valence-corrected chi connectivity index (χ4v) is 1.50. The maximum atomic E-state index is 11.5. The number of carbonyl (C=O) groups excluding carboxylic acids is 1. The molecule has 0 spiro atoms. The predicted molar refractivity (Wildman–Crippen MR) is 69.4 cm³/mol. The lowest BCUT2D eigenvalue weighted by molar-refractivity contribution is -0.145. The average molecular weight is 233 g/mol. The van der Waals surface area contributed by atoms with E-state index in [-0.39, 0.29) is 12.1 Å². The van der Waals surface area contributed by atoms with Crippen LogP contribution in [0, 0.1) is 0 Å². The number of benzene rings is 1. The number of ether oxygens (including phenoxy) is 1. The van der Waals surface area contributed by atoms with Gasteiger partial charge in [-0.3, -0.25) is 0 Å². The van der Waals surface area contributed by atoms with Gasteiger partial charge in [-0.15, -0.1) is 0 Å². The molecule has 0 aromatic heterocycles. The van der Waals surface area contributed by atoms with Gasteiger partial charge in [0.15, 0.2) is 0 Å². The summed E-state index contributed by atoms with van der Waals surface area (Å²) in [6, 6.07) is 7.40. The van der Waals surface area contributed by atoms with Crippen LogP contribution in [0.3, 0.4) is 0 Å². The summed E-state index contributed by atoms with van der Waals surface area (Å²) in [4.78, 5) is 11.5. The van der Waals surface area contributed by atoms with Crippen molar-refractivity contribution in [3.05, 3.63) is 42.0 Å². The molecule has 1 aromatic carbocycles. The third-order valence-corrected chi connectivity index (χ3v) is 2.46. The Kier molecular flexibility index (Phi) is 4.76. The van der Waals surface area contributed by atoms with E-state index in [2.05, 4.69) is 13.5 Å². The average Bonchev–Trinajstić information content (AvgIpc) is 2.29. The molecule has 0 saturated carbocycles. The Balaban J connectivity index is 2.81. The largest absolute Gasteiger partial charge is 0.454 e. The molecule has 0 aliphatic heterocycles. The van der Waals surface area contributed by atoms with E-state index < -0.39 is 0 Å². The van der Waals surface area contributed by atoms with Gasteiger partial charge in [0.05, 0.1) is 0 Å². The van der Waals surface area contributed by atoms with Crippen molar-refractivity contribution in [3.8, 4) is 0 Å². The molecule has 17 heavy (non-hydrogen) atoms. The van der Waals surface area contributed by atoms with Crippen LogP contribution < -0.4 is 5.73 Å². The number of hydrogen-bond donors (Lipinski definition) is 1. The van der Waals surface area contributed by atoms with Crippen molar-refractivity contribution in [1.29, 1.82) is 0 Å². The zero-order valence-corrected chi connectivity index (χ0v) is 10.4. The second kappa shape index (κ2) is 6.09. The van der Waals surface area contributed by atoms with Crippen LogP contribution in [0.1, 0.15) is 38.4 Å². The maximum Gasteiger partial charge on any atom is 0.333 e. The number of rotatable bonds is 5. The molecular weight excluding hydrogens is 214 g/mol. The summed E-state index contributed by atoms with van der Waals surface area (Å²) in [6.45, 7) is 7.28. The number of nitrogens with two attached hydrogens (primary N) is 1. The van der Waals surface area contributed by atoms with Gasteiger partial charge in [0.2, 0.25) is 0 Å². The Morgan fingerprint density at radius 1 is 1.41 bits per heavy atom. The van der Waals surface area contributed by atoms with E-state index in [4.69, 9.17) is 10.5 Å². The minimum absolute atomic E-state index is 0.218. The highest BCUT2D eigenvalue weighted by Gasteiger charge is 2.16. The molecule has 3 heteroatoms. The molecule has 0 radical (unpaired) electrons. The summed E-state index contributed by atoms with van der Waals surface area (Å²) < 4.78 is 5.40. The van der Waals surface area contributed by atoms with Crippen molar-refractivity contribution in [1.82, 2.24) is 0 Å². The van der Waals surface area contributed by atoms with Gasteiger partial charge in [-0.1, -0.05) is 32.1 Å². The lowest BCUT2D eigenvalue weighted by Crippen LogP contribution is -2.11. The van der Waals surface area contributed by atoms with Crippen LogP contribution in [0.25, 0.3) is 0 Å². The molecule has 0 heterocycles. The van der Waals surface area contributed by atoms with E-state index in [1.165, 1.54) is 0 Å². The first-order valence-electron chi connectivity index (χ1n) is 5.76.